The summed E-state index contributed by atoms with van der Waals surface area (Å²) in [5.41, 5.74) is 12.1. The third-order valence-electron chi connectivity index (χ3n) is 5.68. The van der Waals surface area contributed by atoms with E-state index in [1.54, 1.807) is 0 Å². The Morgan fingerprint density at radius 3 is 1.50 bits per heavy atom. The zero-order valence-corrected chi connectivity index (χ0v) is 17.5. The van der Waals surface area contributed by atoms with Gasteiger partial charge in [-0.05, 0) is 43.9 Å². The van der Waals surface area contributed by atoms with Gasteiger partial charge >= 0.3 is 0 Å². The Kier molecular flexibility index (Phi) is 6.78. The molecule has 2 aliphatic rings. The summed E-state index contributed by atoms with van der Waals surface area (Å²) in [7, 11) is -7.73. The monoisotopic (exact) mass is 430 g/mol. The molecule has 1 aromatic carbocycles. The van der Waals surface area contributed by atoms with Gasteiger partial charge < -0.3 is 11.5 Å². The molecule has 0 unspecified atom stereocenters. The molecule has 2 fully saturated rings. The zero-order valence-electron chi connectivity index (χ0n) is 15.9. The number of sulfonamides is 2. The van der Waals surface area contributed by atoms with Crippen molar-refractivity contribution in [1.29, 1.82) is 0 Å². The smallest absolute Gasteiger partial charge is 0.240 e. The molecule has 0 radical (unpaired) electrons. The maximum absolute atomic E-state index is 12.8. The van der Waals surface area contributed by atoms with E-state index in [1.807, 2.05) is 0 Å². The maximum Gasteiger partial charge on any atom is 0.240 e. The second-order valence-corrected chi connectivity index (χ2v) is 11.3. The molecule has 3 rings (SSSR count). The van der Waals surface area contributed by atoms with Crippen LogP contribution in [0.4, 0.5) is 0 Å². The molecule has 0 aliphatic heterocycles. The van der Waals surface area contributed by atoms with Gasteiger partial charge in [-0.25, -0.2) is 26.3 Å². The molecule has 158 valence electrons. The van der Waals surface area contributed by atoms with Gasteiger partial charge in [0.2, 0.25) is 20.0 Å². The van der Waals surface area contributed by atoms with Crippen molar-refractivity contribution in [2.45, 2.75) is 85.3 Å². The molecule has 0 heterocycles. The van der Waals surface area contributed by atoms with Crippen LogP contribution in [0.15, 0.2) is 34.1 Å². The largest absolute Gasteiger partial charge is 0.326 e. The first-order chi connectivity index (χ1) is 13.2. The summed E-state index contributed by atoms with van der Waals surface area (Å²) in [4.78, 5) is -0.165. The molecular formula is C18H30N4O4S2. The van der Waals surface area contributed by atoms with Crippen LogP contribution in [-0.4, -0.2) is 41.0 Å². The van der Waals surface area contributed by atoms with Crippen LogP contribution in [0.5, 0.6) is 0 Å². The molecule has 4 atom stereocenters. The average Bonchev–Trinajstić information content (AvgIpc) is 2.65. The lowest BCUT2D eigenvalue weighted by Crippen LogP contribution is -2.49. The first-order valence-corrected chi connectivity index (χ1v) is 12.8. The quantitative estimate of drug-likeness (QED) is 0.525. The highest BCUT2D eigenvalue weighted by molar-refractivity contribution is 7.90. The van der Waals surface area contributed by atoms with Crippen molar-refractivity contribution >= 4 is 20.0 Å². The highest BCUT2D eigenvalue weighted by Crippen LogP contribution is 2.23. The molecule has 0 spiro atoms. The SMILES string of the molecule is N[C@@H]1CCCC[C@H]1NS(=O)(=O)c1cccc(S(=O)(=O)N[C@@H]2CCCC[C@H]2N)c1. The molecule has 0 bridgehead atoms. The van der Waals surface area contributed by atoms with E-state index in [1.165, 1.54) is 24.3 Å². The number of hydrogen-bond acceptors (Lipinski definition) is 6. The number of nitrogens with one attached hydrogen (secondary N) is 2. The molecule has 0 amide bonds. The fourth-order valence-corrected chi connectivity index (χ4v) is 6.76. The van der Waals surface area contributed by atoms with Crippen LogP contribution >= 0.6 is 0 Å². The normalized spacial score (nSPS) is 29.5. The van der Waals surface area contributed by atoms with Gasteiger partial charge in [0, 0.05) is 24.2 Å². The van der Waals surface area contributed by atoms with Crippen molar-refractivity contribution in [3.8, 4) is 0 Å². The topological polar surface area (TPSA) is 144 Å². The fraction of sp³-hybridized carbons (Fsp3) is 0.667. The van der Waals surface area contributed by atoms with Gasteiger partial charge in [-0.2, -0.15) is 0 Å². The molecule has 1 aromatic rings. The minimum atomic E-state index is -3.87. The Morgan fingerprint density at radius 1 is 0.714 bits per heavy atom. The molecule has 0 aromatic heterocycles. The second kappa shape index (κ2) is 8.76. The molecule has 0 saturated heterocycles. The maximum atomic E-state index is 12.8. The molecular weight excluding hydrogens is 400 g/mol. The van der Waals surface area contributed by atoms with E-state index in [-0.39, 0.29) is 34.0 Å². The fourth-order valence-electron chi connectivity index (χ4n) is 3.95. The third kappa shape index (κ3) is 5.11. The van der Waals surface area contributed by atoms with E-state index >= 15 is 0 Å². The number of nitrogens with two attached hydrogens (primary N) is 2. The standard InChI is InChI=1S/C18H30N4O4S2/c19-15-8-1-3-10-17(15)21-27(23,24)13-6-5-7-14(12-13)28(25,26)22-18-11-4-2-9-16(18)20/h5-7,12,15-18,21-22H,1-4,8-11,19-20H2/t15-,16-,17-,18-/m1/s1. The summed E-state index contributed by atoms with van der Waals surface area (Å²) in [6.07, 6.45) is 6.71. The summed E-state index contributed by atoms with van der Waals surface area (Å²) in [5.74, 6) is 0. The highest BCUT2D eigenvalue weighted by Gasteiger charge is 2.30. The van der Waals surface area contributed by atoms with Gasteiger partial charge in [-0.15, -0.1) is 0 Å². The average molecular weight is 431 g/mol. The Morgan fingerprint density at radius 2 is 1.11 bits per heavy atom. The summed E-state index contributed by atoms with van der Waals surface area (Å²) >= 11 is 0. The van der Waals surface area contributed by atoms with E-state index in [2.05, 4.69) is 9.44 Å². The first kappa shape index (κ1) is 21.7. The van der Waals surface area contributed by atoms with Crippen molar-refractivity contribution in [2.75, 3.05) is 0 Å². The molecule has 28 heavy (non-hydrogen) atoms. The Labute approximate surface area is 167 Å². The van der Waals surface area contributed by atoms with E-state index < -0.39 is 20.0 Å². The summed E-state index contributed by atoms with van der Waals surface area (Å²) in [5, 5.41) is 0. The molecule has 2 aliphatic carbocycles. The Bertz CT molecular complexity index is 819. The summed E-state index contributed by atoms with van der Waals surface area (Å²) < 4.78 is 56.3. The lowest BCUT2D eigenvalue weighted by atomic mass is 9.92. The van der Waals surface area contributed by atoms with Crippen molar-refractivity contribution in [1.82, 2.24) is 9.44 Å². The van der Waals surface area contributed by atoms with E-state index in [0.29, 0.717) is 12.8 Å². The second-order valence-electron chi connectivity index (χ2n) is 7.83. The van der Waals surface area contributed by atoms with E-state index in [9.17, 15) is 16.8 Å². The van der Waals surface area contributed by atoms with Gasteiger partial charge in [0.05, 0.1) is 9.79 Å². The van der Waals surface area contributed by atoms with Crippen LogP contribution in [0, 0.1) is 0 Å². The minimum Gasteiger partial charge on any atom is -0.326 e. The van der Waals surface area contributed by atoms with E-state index in [0.717, 1.165) is 38.5 Å². The zero-order chi connectivity index (χ0) is 20.4. The van der Waals surface area contributed by atoms with Crippen molar-refractivity contribution in [2.24, 2.45) is 11.5 Å². The lowest BCUT2D eigenvalue weighted by molar-refractivity contribution is 0.361. The van der Waals surface area contributed by atoms with Gasteiger partial charge in [-0.1, -0.05) is 31.7 Å². The first-order valence-electron chi connectivity index (χ1n) is 9.85. The molecule has 2 saturated carbocycles. The highest BCUT2D eigenvalue weighted by atomic mass is 32.2. The summed E-state index contributed by atoms with van der Waals surface area (Å²) in [6.45, 7) is 0. The van der Waals surface area contributed by atoms with Gasteiger partial charge in [-0.3, -0.25) is 0 Å². The van der Waals surface area contributed by atoms with Crippen LogP contribution in [0.2, 0.25) is 0 Å². The Balaban J connectivity index is 1.78. The predicted octanol–water partition coefficient (Wildman–Crippen LogP) is 0.783. The van der Waals surface area contributed by atoms with Crippen LogP contribution in [0.1, 0.15) is 51.4 Å². The Hall–Kier alpha value is -1.04. The van der Waals surface area contributed by atoms with Crippen LogP contribution in [-0.2, 0) is 20.0 Å². The lowest BCUT2D eigenvalue weighted by Gasteiger charge is -2.29. The third-order valence-corrected chi connectivity index (χ3v) is 8.65. The number of benzene rings is 1. The van der Waals surface area contributed by atoms with Crippen molar-refractivity contribution < 1.29 is 16.8 Å². The minimum absolute atomic E-state index is 0.0823. The van der Waals surface area contributed by atoms with Crippen LogP contribution in [0.25, 0.3) is 0 Å². The molecule has 8 nitrogen and oxygen atoms in total. The van der Waals surface area contributed by atoms with Crippen LogP contribution in [0.3, 0.4) is 0 Å². The number of rotatable bonds is 6. The van der Waals surface area contributed by atoms with Crippen molar-refractivity contribution in [3.63, 3.8) is 0 Å². The molecule has 6 N–H and O–H groups in total. The predicted molar refractivity (Wildman–Crippen MR) is 108 cm³/mol. The van der Waals surface area contributed by atoms with Gasteiger partial charge in [0.25, 0.3) is 0 Å². The summed E-state index contributed by atoms with van der Waals surface area (Å²) in [6, 6.07) is 4.27. The van der Waals surface area contributed by atoms with Crippen molar-refractivity contribution in [3.05, 3.63) is 24.3 Å². The van der Waals surface area contributed by atoms with E-state index in [4.69, 9.17) is 11.5 Å². The van der Waals surface area contributed by atoms with Crippen LogP contribution < -0.4 is 20.9 Å². The van der Waals surface area contributed by atoms with Gasteiger partial charge in [0.1, 0.15) is 0 Å². The molecule has 10 heteroatoms. The number of hydrogen-bond donors (Lipinski definition) is 4. The van der Waals surface area contributed by atoms with Gasteiger partial charge in [0.15, 0.2) is 0 Å².